The molecule has 0 amide bonds. The molecular formula is C15H13ClF2O. The Balaban J connectivity index is 2.20. The second-order valence-corrected chi connectivity index (χ2v) is 4.94. The number of aliphatic hydroxyl groups excluding tert-OH is 1. The number of hydrogen-bond acceptors (Lipinski definition) is 1. The number of hydrogen-bond donors (Lipinski definition) is 1. The molecule has 0 fully saturated rings. The molecule has 0 aliphatic carbocycles. The molecule has 1 unspecified atom stereocenters. The summed E-state index contributed by atoms with van der Waals surface area (Å²) in [6, 6.07) is 8.68. The molecule has 2 aromatic rings. The lowest BCUT2D eigenvalue weighted by molar-refractivity contribution is 0.178. The first-order chi connectivity index (χ1) is 8.95. The summed E-state index contributed by atoms with van der Waals surface area (Å²) in [4.78, 5) is 0. The van der Waals surface area contributed by atoms with E-state index in [-0.39, 0.29) is 17.3 Å². The van der Waals surface area contributed by atoms with Gasteiger partial charge in [-0.2, -0.15) is 0 Å². The molecule has 0 aliphatic heterocycles. The fourth-order valence-electron chi connectivity index (χ4n) is 1.96. The Bertz CT molecular complexity index is 578. The van der Waals surface area contributed by atoms with Crippen LogP contribution in [0.3, 0.4) is 0 Å². The maximum atomic E-state index is 13.3. The minimum absolute atomic E-state index is 0.0140. The second kappa shape index (κ2) is 5.68. The lowest BCUT2D eigenvalue weighted by atomic mass is 10.00. The van der Waals surface area contributed by atoms with Crippen LogP contribution < -0.4 is 0 Å². The van der Waals surface area contributed by atoms with Crippen molar-refractivity contribution in [2.45, 2.75) is 19.4 Å². The van der Waals surface area contributed by atoms with Crippen molar-refractivity contribution < 1.29 is 13.9 Å². The van der Waals surface area contributed by atoms with Crippen LogP contribution in [-0.4, -0.2) is 5.11 Å². The van der Waals surface area contributed by atoms with Crippen molar-refractivity contribution in [2.75, 3.05) is 0 Å². The van der Waals surface area contributed by atoms with Gasteiger partial charge in [0, 0.05) is 6.42 Å². The molecule has 0 aromatic heterocycles. The summed E-state index contributed by atoms with van der Waals surface area (Å²) in [7, 11) is 0. The minimum atomic E-state index is -0.851. The van der Waals surface area contributed by atoms with Gasteiger partial charge in [-0.15, -0.1) is 0 Å². The lowest BCUT2D eigenvalue weighted by Gasteiger charge is -2.12. The van der Waals surface area contributed by atoms with Crippen LogP contribution in [0.2, 0.25) is 5.02 Å². The molecule has 0 saturated heterocycles. The third kappa shape index (κ3) is 3.52. The van der Waals surface area contributed by atoms with Crippen molar-refractivity contribution in [3.63, 3.8) is 0 Å². The van der Waals surface area contributed by atoms with Crippen LogP contribution in [0.25, 0.3) is 0 Å². The van der Waals surface area contributed by atoms with E-state index in [9.17, 15) is 13.9 Å². The Morgan fingerprint density at radius 3 is 2.53 bits per heavy atom. The average molecular weight is 283 g/mol. The highest BCUT2D eigenvalue weighted by Gasteiger charge is 2.11. The van der Waals surface area contributed by atoms with E-state index in [2.05, 4.69) is 0 Å². The second-order valence-electron chi connectivity index (χ2n) is 4.53. The molecular weight excluding hydrogens is 270 g/mol. The van der Waals surface area contributed by atoms with Crippen molar-refractivity contribution in [2.24, 2.45) is 0 Å². The van der Waals surface area contributed by atoms with Crippen molar-refractivity contribution in [3.8, 4) is 0 Å². The van der Waals surface area contributed by atoms with E-state index < -0.39 is 11.9 Å². The number of aryl methyl sites for hydroxylation is 1. The van der Waals surface area contributed by atoms with E-state index >= 15 is 0 Å². The molecule has 1 N–H and O–H groups in total. The maximum Gasteiger partial charge on any atom is 0.141 e. The van der Waals surface area contributed by atoms with E-state index in [1.54, 1.807) is 19.1 Å². The van der Waals surface area contributed by atoms with Crippen molar-refractivity contribution in [1.29, 1.82) is 0 Å². The lowest BCUT2D eigenvalue weighted by Crippen LogP contribution is -2.03. The number of benzene rings is 2. The van der Waals surface area contributed by atoms with Crippen LogP contribution in [0.4, 0.5) is 8.78 Å². The SMILES string of the molecule is Cc1cc(F)cc(C(O)Cc2ccc(F)c(Cl)c2)c1. The molecule has 0 saturated carbocycles. The summed E-state index contributed by atoms with van der Waals surface area (Å²) < 4.78 is 26.3. The molecule has 0 radical (unpaired) electrons. The molecule has 0 heterocycles. The number of halogens is 3. The summed E-state index contributed by atoms with van der Waals surface area (Å²) in [5, 5.41) is 10.1. The van der Waals surface area contributed by atoms with Crippen molar-refractivity contribution in [3.05, 3.63) is 69.7 Å². The summed E-state index contributed by atoms with van der Waals surface area (Å²) in [5.74, 6) is -0.882. The van der Waals surface area contributed by atoms with Crippen LogP contribution in [0.1, 0.15) is 22.8 Å². The summed E-state index contributed by atoms with van der Waals surface area (Å²) in [5.41, 5.74) is 1.94. The van der Waals surface area contributed by atoms with E-state index in [0.717, 1.165) is 5.56 Å². The zero-order valence-electron chi connectivity index (χ0n) is 10.3. The molecule has 0 bridgehead atoms. The molecule has 19 heavy (non-hydrogen) atoms. The van der Waals surface area contributed by atoms with Gasteiger partial charge in [-0.05, 0) is 47.9 Å². The van der Waals surface area contributed by atoms with E-state index in [4.69, 9.17) is 11.6 Å². The van der Waals surface area contributed by atoms with E-state index in [1.165, 1.54) is 24.3 Å². The van der Waals surface area contributed by atoms with Gasteiger partial charge in [0.2, 0.25) is 0 Å². The number of aliphatic hydroxyl groups is 1. The van der Waals surface area contributed by atoms with Crippen LogP contribution in [0.5, 0.6) is 0 Å². The van der Waals surface area contributed by atoms with Gasteiger partial charge in [0.05, 0.1) is 11.1 Å². The molecule has 1 nitrogen and oxygen atoms in total. The Labute approximate surface area is 115 Å². The summed E-state index contributed by atoms with van der Waals surface area (Å²) in [6.45, 7) is 1.76. The Morgan fingerprint density at radius 2 is 1.89 bits per heavy atom. The van der Waals surface area contributed by atoms with Crippen LogP contribution in [-0.2, 0) is 6.42 Å². The molecule has 0 spiro atoms. The quantitative estimate of drug-likeness (QED) is 0.894. The molecule has 2 aromatic carbocycles. The predicted octanol–water partition coefficient (Wildman–Crippen LogP) is 4.20. The van der Waals surface area contributed by atoms with Gasteiger partial charge in [-0.3, -0.25) is 0 Å². The van der Waals surface area contributed by atoms with Crippen LogP contribution >= 0.6 is 11.6 Å². The fourth-order valence-corrected chi connectivity index (χ4v) is 2.17. The average Bonchev–Trinajstić information content (AvgIpc) is 2.32. The molecule has 0 aliphatic rings. The van der Waals surface area contributed by atoms with Gasteiger partial charge in [-0.25, -0.2) is 8.78 Å². The van der Waals surface area contributed by atoms with Gasteiger partial charge < -0.3 is 5.11 Å². The fraction of sp³-hybridized carbons (Fsp3) is 0.200. The third-order valence-corrected chi connectivity index (χ3v) is 3.15. The van der Waals surface area contributed by atoms with Gasteiger partial charge in [0.15, 0.2) is 0 Å². The van der Waals surface area contributed by atoms with Gasteiger partial charge in [0.1, 0.15) is 11.6 Å². The zero-order valence-corrected chi connectivity index (χ0v) is 11.1. The largest absolute Gasteiger partial charge is 0.388 e. The van der Waals surface area contributed by atoms with E-state index in [0.29, 0.717) is 11.1 Å². The smallest absolute Gasteiger partial charge is 0.141 e. The normalized spacial score (nSPS) is 12.5. The summed E-state index contributed by atoms with van der Waals surface area (Å²) >= 11 is 5.68. The van der Waals surface area contributed by atoms with Crippen LogP contribution in [0.15, 0.2) is 36.4 Å². The van der Waals surface area contributed by atoms with Gasteiger partial charge >= 0.3 is 0 Å². The highest BCUT2D eigenvalue weighted by molar-refractivity contribution is 6.30. The first-order valence-electron chi connectivity index (χ1n) is 5.85. The summed E-state index contributed by atoms with van der Waals surface area (Å²) in [6.07, 6.45) is -0.598. The standard InChI is InChI=1S/C15H13ClF2O/c1-9-4-11(8-12(17)5-9)15(19)7-10-2-3-14(18)13(16)6-10/h2-6,8,15,19H,7H2,1H3. The molecule has 2 rings (SSSR count). The Morgan fingerprint density at radius 1 is 1.16 bits per heavy atom. The minimum Gasteiger partial charge on any atom is -0.388 e. The third-order valence-electron chi connectivity index (χ3n) is 2.86. The highest BCUT2D eigenvalue weighted by atomic mass is 35.5. The van der Waals surface area contributed by atoms with E-state index in [1.807, 2.05) is 0 Å². The van der Waals surface area contributed by atoms with Gasteiger partial charge in [0.25, 0.3) is 0 Å². The van der Waals surface area contributed by atoms with Crippen LogP contribution in [0, 0.1) is 18.6 Å². The predicted molar refractivity (Wildman–Crippen MR) is 71.2 cm³/mol. The number of rotatable bonds is 3. The topological polar surface area (TPSA) is 20.2 Å². The van der Waals surface area contributed by atoms with Crippen molar-refractivity contribution >= 4 is 11.6 Å². The monoisotopic (exact) mass is 282 g/mol. The zero-order chi connectivity index (χ0) is 14.0. The molecule has 4 heteroatoms. The first-order valence-corrected chi connectivity index (χ1v) is 6.22. The Kier molecular flexibility index (Phi) is 4.17. The highest BCUT2D eigenvalue weighted by Crippen LogP contribution is 2.23. The molecule has 1 atom stereocenters. The van der Waals surface area contributed by atoms with Crippen molar-refractivity contribution in [1.82, 2.24) is 0 Å². The van der Waals surface area contributed by atoms with Gasteiger partial charge in [-0.1, -0.05) is 23.7 Å². The Hall–Kier alpha value is -1.45. The molecule has 100 valence electrons. The first kappa shape index (κ1) is 14.0. The maximum absolute atomic E-state index is 13.3.